The molecular formula is C6H8O6. The number of aliphatic hydroxyl groups excluding tert-OH is 3. The van der Waals surface area contributed by atoms with Gasteiger partial charge in [0.05, 0.1) is 0 Å². The first-order valence-electron chi connectivity index (χ1n) is 3.51. The van der Waals surface area contributed by atoms with Crippen molar-refractivity contribution in [3.63, 3.8) is 0 Å². The largest absolute Gasteiger partial charge is 0.454 e. The van der Waals surface area contributed by atoms with Gasteiger partial charge in [-0.1, -0.05) is 0 Å². The van der Waals surface area contributed by atoms with E-state index in [0.717, 1.165) is 0 Å². The van der Waals surface area contributed by atoms with E-state index < -0.39 is 36.7 Å². The van der Waals surface area contributed by atoms with E-state index >= 15 is 0 Å². The minimum atomic E-state index is -1.40. The smallest absolute Gasteiger partial charge is 0.338 e. The molecular weight excluding hydrogens is 168 g/mol. The number of hydrogen-bond donors (Lipinski definition) is 3. The number of hydrogen-bond acceptors (Lipinski definition) is 6. The van der Waals surface area contributed by atoms with Gasteiger partial charge in [-0.2, -0.15) is 0 Å². The topological polar surface area (TPSA) is 96.2 Å². The summed E-state index contributed by atoms with van der Waals surface area (Å²) in [4.78, 5) is 10.7. The zero-order chi connectivity index (χ0) is 8.88. The third-order valence-electron chi connectivity index (χ3n) is 2.05. The van der Waals surface area contributed by atoms with Crippen LogP contribution in [0.4, 0.5) is 0 Å². The molecule has 0 radical (unpaired) electrons. The van der Waals surface area contributed by atoms with Crippen LogP contribution in [-0.2, 0) is 14.3 Å². The quantitative estimate of drug-likeness (QED) is 0.349. The summed E-state index contributed by atoms with van der Waals surface area (Å²) >= 11 is 0. The molecule has 0 bridgehead atoms. The predicted molar refractivity (Wildman–Crippen MR) is 32.8 cm³/mol. The summed E-state index contributed by atoms with van der Waals surface area (Å²) in [6.07, 6.45) is -5.94. The second-order valence-electron chi connectivity index (χ2n) is 2.83. The Bertz CT molecular complexity index is 216. The van der Waals surface area contributed by atoms with Crippen molar-refractivity contribution < 1.29 is 29.6 Å². The molecule has 5 atom stereocenters. The van der Waals surface area contributed by atoms with Gasteiger partial charge in [0.25, 0.3) is 0 Å². The summed E-state index contributed by atoms with van der Waals surface area (Å²) in [5.74, 6) is -0.823. The van der Waals surface area contributed by atoms with Crippen molar-refractivity contribution in [2.24, 2.45) is 0 Å². The van der Waals surface area contributed by atoms with Gasteiger partial charge in [-0.15, -0.1) is 0 Å². The van der Waals surface area contributed by atoms with Crippen molar-refractivity contribution in [2.45, 2.75) is 30.7 Å². The van der Waals surface area contributed by atoms with E-state index in [1.165, 1.54) is 0 Å². The first-order valence-corrected chi connectivity index (χ1v) is 3.51. The minimum absolute atomic E-state index is 0.823. The fourth-order valence-electron chi connectivity index (χ4n) is 1.40. The van der Waals surface area contributed by atoms with Crippen LogP contribution in [0.15, 0.2) is 0 Å². The second kappa shape index (κ2) is 2.40. The number of carbonyl (C=O) groups is 1. The molecule has 2 saturated heterocycles. The summed E-state index contributed by atoms with van der Waals surface area (Å²) in [6, 6.07) is 0. The molecule has 0 aliphatic carbocycles. The Hall–Kier alpha value is -0.690. The lowest BCUT2D eigenvalue weighted by Gasteiger charge is -2.10. The van der Waals surface area contributed by atoms with Crippen LogP contribution in [0.5, 0.6) is 0 Å². The van der Waals surface area contributed by atoms with Crippen LogP contribution in [0.2, 0.25) is 0 Å². The summed E-state index contributed by atoms with van der Waals surface area (Å²) < 4.78 is 9.25. The summed E-state index contributed by atoms with van der Waals surface area (Å²) in [6.45, 7) is 0. The number of ether oxygens (including phenoxy) is 2. The van der Waals surface area contributed by atoms with Crippen LogP contribution in [-0.4, -0.2) is 52.0 Å². The van der Waals surface area contributed by atoms with E-state index in [1.54, 1.807) is 0 Å². The van der Waals surface area contributed by atoms with E-state index in [1.807, 2.05) is 0 Å². The molecule has 2 aliphatic rings. The fraction of sp³-hybridized carbons (Fsp3) is 0.833. The molecule has 2 rings (SSSR count). The maximum absolute atomic E-state index is 10.7. The zero-order valence-electron chi connectivity index (χ0n) is 5.95. The highest BCUT2D eigenvalue weighted by Gasteiger charge is 2.56. The van der Waals surface area contributed by atoms with Crippen LogP contribution < -0.4 is 0 Å². The molecule has 0 aromatic carbocycles. The molecule has 0 saturated carbocycles. The molecule has 6 heteroatoms. The van der Waals surface area contributed by atoms with E-state index in [4.69, 9.17) is 15.3 Å². The van der Waals surface area contributed by atoms with Gasteiger partial charge >= 0.3 is 5.97 Å². The minimum Gasteiger partial charge on any atom is -0.454 e. The summed E-state index contributed by atoms with van der Waals surface area (Å²) in [7, 11) is 0. The molecule has 2 fully saturated rings. The van der Waals surface area contributed by atoms with Gasteiger partial charge in [0.15, 0.2) is 18.5 Å². The Balaban J connectivity index is 2.19. The first kappa shape index (κ1) is 7.93. The fourth-order valence-corrected chi connectivity index (χ4v) is 1.40. The van der Waals surface area contributed by atoms with Gasteiger partial charge in [-0.25, -0.2) is 4.79 Å². The van der Waals surface area contributed by atoms with Crippen LogP contribution in [0.3, 0.4) is 0 Å². The average Bonchev–Trinajstić information content (AvgIpc) is 2.43. The monoisotopic (exact) mass is 176 g/mol. The number of esters is 1. The van der Waals surface area contributed by atoms with Crippen LogP contribution in [0.25, 0.3) is 0 Å². The highest BCUT2D eigenvalue weighted by Crippen LogP contribution is 2.30. The van der Waals surface area contributed by atoms with Crippen LogP contribution in [0, 0.1) is 0 Å². The van der Waals surface area contributed by atoms with E-state index in [2.05, 4.69) is 9.47 Å². The molecule has 0 aromatic rings. The standard InChI is InChI=1S/C6H8O6/c7-1-3-4(12-5(1)9)2(8)6(10)11-3/h1-5,7-9H/t1?,2?,3-,4+,5?/m1/s1. The van der Waals surface area contributed by atoms with Crippen molar-refractivity contribution in [3.05, 3.63) is 0 Å². The Morgan fingerprint density at radius 3 is 2.42 bits per heavy atom. The van der Waals surface area contributed by atoms with Gasteiger partial charge in [0, 0.05) is 0 Å². The Morgan fingerprint density at radius 1 is 1.17 bits per heavy atom. The number of carbonyl (C=O) groups excluding carboxylic acids is 1. The maximum atomic E-state index is 10.7. The van der Waals surface area contributed by atoms with Crippen molar-refractivity contribution in [1.82, 2.24) is 0 Å². The molecule has 6 nitrogen and oxygen atoms in total. The lowest BCUT2D eigenvalue weighted by atomic mass is 10.1. The highest BCUT2D eigenvalue weighted by atomic mass is 16.7. The van der Waals surface area contributed by atoms with Gasteiger partial charge in [0.2, 0.25) is 0 Å². The summed E-state index contributed by atoms with van der Waals surface area (Å²) in [5.41, 5.74) is 0. The third-order valence-corrected chi connectivity index (χ3v) is 2.05. The van der Waals surface area contributed by atoms with Gasteiger partial charge in [-0.05, 0) is 0 Å². The molecule has 2 aliphatic heterocycles. The lowest BCUT2D eigenvalue weighted by molar-refractivity contribution is -0.168. The number of rotatable bonds is 0. The molecule has 0 aromatic heterocycles. The van der Waals surface area contributed by atoms with Crippen molar-refractivity contribution in [1.29, 1.82) is 0 Å². The van der Waals surface area contributed by atoms with Gasteiger partial charge < -0.3 is 24.8 Å². The molecule has 0 spiro atoms. The van der Waals surface area contributed by atoms with Gasteiger partial charge in [-0.3, -0.25) is 0 Å². The molecule has 12 heavy (non-hydrogen) atoms. The zero-order valence-corrected chi connectivity index (χ0v) is 5.95. The third kappa shape index (κ3) is 0.862. The Labute approximate surface area is 67.3 Å². The average molecular weight is 176 g/mol. The normalized spacial score (nSPS) is 52.2. The number of fused-ring (bicyclic) bond motifs is 1. The molecule has 2 heterocycles. The molecule has 3 unspecified atom stereocenters. The van der Waals surface area contributed by atoms with E-state index in [0.29, 0.717) is 0 Å². The molecule has 3 N–H and O–H groups in total. The SMILES string of the molecule is O=C1O[C@@H]2C(O)C(O)O[C@H]2C1O. The van der Waals surface area contributed by atoms with Crippen LogP contribution in [0.1, 0.15) is 0 Å². The Morgan fingerprint density at radius 2 is 1.83 bits per heavy atom. The molecule has 68 valence electrons. The van der Waals surface area contributed by atoms with Crippen molar-refractivity contribution >= 4 is 5.97 Å². The lowest BCUT2D eigenvalue weighted by Crippen LogP contribution is -2.32. The second-order valence-corrected chi connectivity index (χ2v) is 2.83. The van der Waals surface area contributed by atoms with Crippen molar-refractivity contribution in [2.75, 3.05) is 0 Å². The maximum Gasteiger partial charge on any atom is 0.338 e. The number of aliphatic hydroxyl groups is 3. The first-order chi connectivity index (χ1) is 5.61. The predicted octanol–water partition coefficient (Wildman–Crippen LogP) is -2.65. The van der Waals surface area contributed by atoms with E-state index in [-0.39, 0.29) is 0 Å². The summed E-state index contributed by atoms with van der Waals surface area (Å²) in [5, 5.41) is 27.2. The van der Waals surface area contributed by atoms with Gasteiger partial charge in [0.1, 0.15) is 12.2 Å². The van der Waals surface area contributed by atoms with Crippen molar-refractivity contribution in [3.8, 4) is 0 Å². The highest BCUT2D eigenvalue weighted by molar-refractivity contribution is 5.78. The Kier molecular flexibility index (Phi) is 1.58. The molecule has 0 amide bonds. The van der Waals surface area contributed by atoms with E-state index in [9.17, 15) is 4.79 Å². The van der Waals surface area contributed by atoms with Crippen LogP contribution >= 0.6 is 0 Å².